The quantitative estimate of drug-likeness (QED) is 0.598. The highest BCUT2D eigenvalue weighted by molar-refractivity contribution is 6.05. The number of amides is 2. The first-order valence-electron chi connectivity index (χ1n) is 8.96. The molecule has 28 heavy (non-hydrogen) atoms. The molecule has 3 aromatic rings. The van der Waals surface area contributed by atoms with E-state index in [0.717, 1.165) is 0 Å². The number of nitrogens with one attached hydrogen (secondary N) is 2. The minimum Gasteiger partial charge on any atom is -0.326 e. The second-order valence-electron chi connectivity index (χ2n) is 6.23. The SMILES string of the molecule is O=C(CCC(=O)c1ccccc1)Nc1ccc(C(=O)Nc2ccccc2)cc1. The van der Waals surface area contributed by atoms with Gasteiger partial charge in [0, 0.05) is 35.3 Å². The summed E-state index contributed by atoms with van der Waals surface area (Å²) < 4.78 is 0. The van der Waals surface area contributed by atoms with E-state index < -0.39 is 0 Å². The fraction of sp³-hybridized carbons (Fsp3) is 0.0870. The van der Waals surface area contributed by atoms with Gasteiger partial charge in [0.1, 0.15) is 0 Å². The van der Waals surface area contributed by atoms with Crippen LogP contribution in [0.3, 0.4) is 0 Å². The van der Waals surface area contributed by atoms with Crippen LogP contribution in [0.1, 0.15) is 33.6 Å². The van der Waals surface area contributed by atoms with Gasteiger partial charge in [-0.25, -0.2) is 0 Å². The van der Waals surface area contributed by atoms with Gasteiger partial charge < -0.3 is 10.6 Å². The smallest absolute Gasteiger partial charge is 0.255 e. The number of para-hydroxylation sites is 1. The third-order valence-electron chi connectivity index (χ3n) is 4.14. The first-order chi connectivity index (χ1) is 13.6. The van der Waals surface area contributed by atoms with Crippen LogP contribution in [0, 0.1) is 0 Å². The van der Waals surface area contributed by atoms with E-state index in [2.05, 4.69) is 10.6 Å². The number of benzene rings is 3. The van der Waals surface area contributed by atoms with E-state index in [1.54, 1.807) is 48.5 Å². The van der Waals surface area contributed by atoms with Crippen molar-refractivity contribution < 1.29 is 14.4 Å². The van der Waals surface area contributed by atoms with Gasteiger partial charge in [-0.3, -0.25) is 14.4 Å². The summed E-state index contributed by atoms with van der Waals surface area (Å²) in [6, 6.07) is 24.7. The maximum Gasteiger partial charge on any atom is 0.255 e. The van der Waals surface area contributed by atoms with Gasteiger partial charge in [-0.1, -0.05) is 48.5 Å². The molecule has 140 valence electrons. The highest BCUT2D eigenvalue weighted by Gasteiger charge is 2.10. The van der Waals surface area contributed by atoms with E-state index in [1.165, 1.54) is 0 Å². The van der Waals surface area contributed by atoms with Gasteiger partial charge in [-0.05, 0) is 36.4 Å². The summed E-state index contributed by atoms with van der Waals surface area (Å²) in [6.07, 6.45) is 0.247. The normalized spacial score (nSPS) is 10.1. The molecule has 0 aliphatic heterocycles. The zero-order valence-corrected chi connectivity index (χ0v) is 15.2. The maximum absolute atomic E-state index is 12.2. The van der Waals surface area contributed by atoms with Crippen LogP contribution >= 0.6 is 0 Å². The van der Waals surface area contributed by atoms with Crippen LogP contribution in [-0.2, 0) is 4.79 Å². The number of carbonyl (C=O) groups is 3. The summed E-state index contributed by atoms with van der Waals surface area (Å²) in [5.74, 6) is -0.535. The van der Waals surface area contributed by atoms with Crippen LogP contribution in [0.5, 0.6) is 0 Å². The molecule has 0 aliphatic rings. The molecule has 0 radical (unpaired) electrons. The van der Waals surface area contributed by atoms with E-state index in [0.29, 0.717) is 22.5 Å². The molecule has 0 aromatic heterocycles. The van der Waals surface area contributed by atoms with Crippen molar-refractivity contribution >= 4 is 29.0 Å². The number of rotatable bonds is 7. The number of hydrogen-bond donors (Lipinski definition) is 2. The number of hydrogen-bond acceptors (Lipinski definition) is 3. The second kappa shape index (κ2) is 9.28. The highest BCUT2D eigenvalue weighted by atomic mass is 16.2. The van der Waals surface area contributed by atoms with Crippen molar-refractivity contribution in [3.8, 4) is 0 Å². The van der Waals surface area contributed by atoms with Crippen molar-refractivity contribution in [1.82, 2.24) is 0 Å². The molecule has 0 atom stereocenters. The summed E-state index contributed by atoms with van der Waals surface area (Å²) in [5, 5.41) is 5.54. The summed E-state index contributed by atoms with van der Waals surface area (Å²) in [5.41, 5.74) is 2.38. The van der Waals surface area contributed by atoms with Crippen molar-refractivity contribution in [2.75, 3.05) is 10.6 Å². The Bertz CT molecular complexity index is 952. The third-order valence-corrected chi connectivity index (χ3v) is 4.14. The first-order valence-corrected chi connectivity index (χ1v) is 8.96. The van der Waals surface area contributed by atoms with Gasteiger partial charge in [0.25, 0.3) is 5.91 Å². The minimum atomic E-state index is -0.245. The predicted molar refractivity (Wildman–Crippen MR) is 109 cm³/mol. The average molecular weight is 372 g/mol. The first kappa shape index (κ1) is 19.0. The fourth-order valence-corrected chi connectivity index (χ4v) is 2.65. The number of ketones is 1. The zero-order chi connectivity index (χ0) is 19.8. The van der Waals surface area contributed by atoms with E-state index in [1.807, 2.05) is 36.4 Å². The molecule has 3 aromatic carbocycles. The number of anilines is 2. The third kappa shape index (κ3) is 5.38. The maximum atomic E-state index is 12.2. The lowest BCUT2D eigenvalue weighted by molar-refractivity contribution is -0.116. The van der Waals surface area contributed by atoms with Gasteiger partial charge in [-0.2, -0.15) is 0 Å². The molecule has 3 rings (SSSR count). The fourth-order valence-electron chi connectivity index (χ4n) is 2.65. The van der Waals surface area contributed by atoms with Gasteiger partial charge in [0.15, 0.2) is 5.78 Å². The van der Waals surface area contributed by atoms with Crippen molar-refractivity contribution in [2.24, 2.45) is 0 Å². The molecule has 0 aliphatic carbocycles. The van der Waals surface area contributed by atoms with E-state index in [-0.39, 0.29) is 30.4 Å². The Morgan fingerprint density at radius 3 is 1.79 bits per heavy atom. The average Bonchev–Trinajstić information content (AvgIpc) is 2.74. The van der Waals surface area contributed by atoms with Crippen LogP contribution in [0.2, 0.25) is 0 Å². The van der Waals surface area contributed by atoms with Crippen molar-refractivity contribution in [3.05, 3.63) is 96.1 Å². The van der Waals surface area contributed by atoms with Crippen LogP contribution in [-0.4, -0.2) is 17.6 Å². The van der Waals surface area contributed by atoms with Crippen molar-refractivity contribution in [2.45, 2.75) is 12.8 Å². The lowest BCUT2D eigenvalue weighted by Crippen LogP contribution is -2.14. The second-order valence-corrected chi connectivity index (χ2v) is 6.23. The molecular formula is C23H20N2O3. The molecule has 0 saturated carbocycles. The van der Waals surface area contributed by atoms with Crippen LogP contribution in [0.4, 0.5) is 11.4 Å². The van der Waals surface area contributed by atoms with Crippen LogP contribution in [0.15, 0.2) is 84.9 Å². The molecule has 0 unspecified atom stereocenters. The Morgan fingerprint density at radius 2 is 1.14 bits per heavy atom. The lowest BCUT2D eigenvalue weighted by atomic mass is 10.1. The highest BCUT2D eigenvalue weighted by Crippen LogP contribution is 2.13. The topological polar surface area (TPSA) is 75.3 Å². The Balaban J connectivity index is 1.50. The molecule has 2 N–H and O–H groups in total. The Kier molecular flexibility index (Phi) is 6.31. The van der Waals surface area contributed by atoms with Gasteiger partial charge in [-0.15, -0.1) is 0 Å². The standard InChI is InChI=1S/C23H20N2O3/c26-21(17-7-3-1-4-8-17)15-16-22(27)24-20-13-11-18(12-14-20)23(28)25-19-9-5-2-6-10-19/h1-14H,15-16H2,(H,24,27)(H,25,28). The molecule has 0 heterocycles. The molecule has 0 fully saturated rings. The molecule has 5 nitrogen and oxygen atoms in total. The van der Waals surface area contributed by atoms with Gasteiger partial charge >= 0.3 is 0 Å². The van der Waals surface area contributed by atoms with E-state index >= 15 is 0 Å². The molecular weight excluding hydrogens is 352 g/mol. The molecule has 5 heteroatoms. The number of Topliss-reactive ketones (excluding diaryl/α,β-unsaturated/α-hetero) is 1. The Morgan fingerprint density at radius 1 is 0.571 bits per heavy atom. The van der Waals surface area contributed by atoms with Crippen LogP contribution < -0.4 is 10.6 Å². The Labute approximate surface area is 163 Å². The van der Waals surface area contributed by atoms with E-state index in [4.69, 9.17) is 0 Å². The molecule has 2 amide bonds. The van der Waals surface area contributed by atoms with Crippen LogP contribution in [0.25, 0.3) is 0 Å². The largest absolute Gasteiger partial charge is 0.326 e. The van der Waals surface area contributed by atoms with Gasteiger partial charge in [0.05, 0.1) is 0 Å². The van der Waals surface area contributed by atoms with E-state index in [9.17, 15) is 14.4 Å². The lowest BCUT2D eigenvalue weighted by Gasteiger charge is -2.08. The monoisotopic (exact) mass is 372 g/mol. The van der Waals surface area contributed by atoms with Gasteiger partial charge in [0.2, 0.25) is 5.91 Å². The summed E-state index contributed by atoms with van der Waals surface area (Å²) in [6.45, 7) is 0. The van der Waals surface area contributed by atoms with Crippen molar-refractivity contribution in [1.29, 1.82) is 0 Å². The summed E-state index contributed by atoms with van der Waals surface area (Å²) >= 11 is 0. The minimum absolute atomic E-state index is 0.0660. The zero-order valence-electron chi connectivity index (χ0n) is 15.2. The number of carbonyl (C=O) groups excluding carboxylic acids is 3. The predicted octanol–water partition coefficient (Wildman–Crippen LogP) is 4.54. The molecule has 0 saturated heterocycles. The molecule has 0 spiro atoms. The summed E-state index contributed by atoms with van der Waals surface area (Å²) in [4.78, 5) is 36.3. The summed E-state index contributed by atoms with van der Waals surface area (Å²) in [7, 11) is 0. The Hall–Kier alpha value is -3.73. The molecule has 0 bridgehead atoms. The van der Waals surface area contributed by atoms with Crippen molar-refractivity contribution in [3.63, 3.8) is 0 Å².